The van der Waals surface area contributed by atoms with Gasteiger partial charge < -0.3 is 24.4 Å². The number of rotatable bonds is 9. The van der Waals surface area contributed by atoms with Crippen molar-refractivity contribution in [3.8, 4) is 0 Å². The molecule has 0 radical (unpaired) electrons. The number of anilines is 1. The molecule has 0 fully saturated rings. The minimum atomic E-state index is -0.408. The number of hydrogen-bond acceptors (Lipinski definition) is 8. The molecule has 0 aliphatic rings. The Morgan fingerprint density at radius 2 is 1.94 bits per heavy atom. The van der Waals surface area contributed by atoms with Crippen LogP contribution in [-0.2, 0) is 23.1 Å². The average molecular weight is 443 g/mol. The third-order valence-corrected chi connectivity index (χ3v) is 5.11. The van der Waals surface area contributed by atoms with Crippen LogP contribution in [0, 0.1) is 0 Å². The molecule has 0 spiro atoms. The lowest BCUT2D eigenvalue weighted by Gasteiger charge is -2.07. The van der Waals surface area contributed by atoms with Crippen LogP contribution in [0.2, 0.25) is 0 Å². The fourth-order valence-electron chi connectivity index (χ4n) is 2.51. The molecule has 11 heteroatoms. The molecule has 3 aromatic rings. The first kappa shape index (κ1) is 22.1. The molecule has 10 nitrogen and oxygen atoms in total. The molecule has 2 N–H and O–H groups in total. The van der Waals surface area contributed by atoms with Gasteiger partial charge >= 0.3 is 5.97 Å². The van der Waals surface area contributed by atoms with E-state index in [1.54, 1.807) is 54.9 Å². The maximum Gasteiger partial charge on any atom is 0.338 e. The molecule has 0 aliphatic carbocycles. The zero-order valence-electron chi connectivity index (χ0n) is 17.0. The number of amides is 2. The third kappa shape index (κ3) is 5.95. The van der Waals surface area contributed by atoms with Gasteiger partial charge in [-0.3, -0.25) is 9.59 Å². The van der Waals surface area contributed by atoms with E-state index in [1.807, 2.05) is 0 Å². The van der Waals surface area contributed by atoms with Gasteiger partial charge in [-0.1, -0.05) is 11.8 Å². The summed E-state index contributed by atoms with van der Waals surface area (Å²) in [5, 5.41) is 14.1. The smallest absolute Gasteiger partial charge is 0.338 e. The first-order valence-electron chi connectivity index (χ1n) is 9.37. The van der Waals surface area contributed by atoms with Crippen LogP contribution in [0.15, 0.2) is 52.2 Å². The van der Waals surface area contributed by atoms with E-state index in [9.17, 15) is 14.4 Å². The van der Waals surface area contributed by atoms with Gasteiger partial charge in [-0.05, 0) is 43.3 Å². The highest BCUT2D eigenvalue weighted by atomic mass is 32.2. The second kappa shape index (κ2) is 10.4. The van der Waals surface area contributed by atoms with Crippen molar-refractivity contribution in [1.82, 2.24) is 20.1 Å². The van der Waals surface area contributed by atoms with E-state index in [2.05, 4.69) is 20.8 Å². The number of aromatic nitrogens is 3. The number of thioether (sulfide) groups is 1. The highest BCUT2D eigenvalue weighted by Crippen LogP contribution is 2.17. The molecule has 1 aromatic carbocycles. The molecule has 0 unspecified atom stereocenters. The van der Waals surface area contributed by atoms with Crippen molar-refractivity contribution in [2.24, 2.45) is 7.05 Å². The molecule has 2 amide bonds. The lowest BCUT2D eigenvalue weighted by molar-refractivity contribution is -0.113. The Bertz CT molecular complexity index is 1050. The largest absolute Gasteiger partial charge is 0.462 e. The molecule has 0 aliphatic heterocycles. The highest BCUT2D eigenvalue weighted by molar-refractivity contribution is 7.99. The van der Waals surface area contributed by atoms with E-state index in [0.717, 1.165) is 0 Å². The fraction of sp³-hybridized carbons (Fsp3) is 0.250. The summed E-state index contributed by atoms with van der Waals surface area (Å²) in [6.07, 6.45) is 1.42. The predicted octanol–water partition coefficient (Wildman–Crippen LogP) is 2.25. The molecular formula is C20H21N5O5S. The van der Waals surface area contributed by atoms with Gasteiger partial charge in [0.25, 0.3) is 5.91 Å². The average Bonchev–Trinajstić information content (AvgIpc) is 3.42. The number of esters is 1. The molecule has 31 heavy (non-hydrogen) atoms. The summed E-state index contributed by atoms with van der Waals surface area (Å²) in [5.41, 5.74) is 0.984. The van der Waals surface area contributed by atoms with E-state index in [0.29, 0.717) is 28.8 Å². The van der Waals surface area contributed by atoms with Crippen LogP contribution in [0.25, 0.3) is 0 Å². The number of benzene rings is 1. The Kier molecular flexibility index (Phi) is 7.44. The molecule has 2 aromatic heterocycles. The Balaban J connectivity index is 1.48. The van der Waals surface area contributed by atoms with E-state index >= 15 is 0 Å². The number of ether oxygens (including phenoxy) is 1. The maximum atomic E-state index is 12.2. The van der Waals surface area contributed by atoms with Gasteiger partial charge in [-0.2, -0.15) is 0 Å². The quantitative estimate of drug-likeness (QED) is 0.381. The summed E-state index contributed by atoms with van der Waals surface area (Å²) in [5.74, 6) is -0.125. The summed E-state index contributed by atoms with van der Waals surface area (Å²) < 4.78 is 11.7. The van der Waals surface area contributed by atoms with Crippen LogP contribution < -0.4 is 10.6 Å². The Labute approximate surface area is 182 Å². The zero-order chi connectivity index (χ0) is 22.2. The predicted molar refractivity (Wildman–Crippen MR) is 113 cm³/mol. The Morgan fingerprint density at radius 3 is 2.61 bits per heavy atom. The van der Waals surface area contributed by atoms with Gasteiger partial charge in [0, 0.05) is 12.7 Å². The van der Waals surface area contributed by atoms with Gasteiger partial charge in [0.05, 0.1) is 30.7 Å². The van der Waals surface area contributed by atoms with Gasteiger partial charge in [0.2, 0.25) is 5.91 Å². The summed E-state index contributed by atoms with van der Waals surface area (Å²) in [7, 11) is 1.75. The first-order valence-corrected chi connectivity index (χ1v) is 10.4. The standard InChI is InChI=1S/C20H21N5O5S/c1-3-29-19(28)13-6-8-14(9-7-13)22-17(26)12-31-20-24-23-16(25(20)2)11-21-18(27)15-5-4-10-30-15/h4-10H,3,11-12H2,1-2H3,(H,21,27)(H,22,26). The van der Waals surface area contributed by atoms with Gasteiger partial charge in [-0.15, -0.1) is 10.2 Å². The van der Waals surface area contributed by atoms with Gasteiger partial charge in [-0.25, -0.2) is 4.79 Å². The minimum Gasteiger partial charge on any atom is -0.462 e. The Morgan fingerprint density at radius 1 is 1.16 bits per heavy atom. The molecule has 3 rings (SSSR count). The SMILES string of the molecule is CCOC(=O)c1ccc(NC(=O)CSc2nnc(CNC(=O)c3ccco3)n2C)cc1. The molecule has 0 saturated heterocycles. The highest BCUT2D eigenvalue weighted by Gasteiger charge is 2.14. The van der Waals surface area contributed by atoms with Crippen LogP contribution in [0.1, 0.15) is 33.7 Å². The second-order valence-electron chi connectivity index (χ2n) is 6.25. The van der Waals surface area contributed by atoms with Crippen molar-refractivity contribution in [3.05, 3.63) is 59.8 Å². The van der Waals surface area contributed by atoms with Crippen molar-refractivity contribution in [2.75, 3.05) is 17.7 Å². The number of nitrogens with zero attached hydrogens (tertiary/aromatic N) is 3. The maximum absolute atomic E-state index is 12.2. The summed E-state index contributed by atoms with van der Waals surface area (Å²) in [4.78, 5) is 35.8. The van der Waals surface area contributed by atoms with Gasteiger partial charge in [0.15, 0.2) is 16.7 Å². The molecular weight excluding hydrogens is 422 g/mol. The Hall–Kier alpha value is -3.60. The normalized spacial score (nSPS) is 10.5. The first-order chi connectivity index (χ1) is 15.0. The lowest BCUT2D eigenvalue weighted by atomic mass is 10.2. The summed E-state index contributed by atoms with van der Waals surface area (Å²) >= 11 is 1.21. The number of carbonyl (C=O) groups is 3. The molecule has 0 bridgehead atoms. The zero-order valence-corrected chi connectivity index (χ0v) is 17.8. The number of hydrogen-bond donors (Lipinski definition) is 2. The molecule has 162 valence electrons. The third-order valence-electron chi connectivity index (χ3n) is 4.09. The van der Waals surface area contributed by atoms with Crippen molar-refractivity contribution < 1.29 is 23.5 Å². The number of nitrogens with one attached hydrogen (secondary N) is 2. The van der Waals surface area contributed by atoms with Crippen LogP contribution in [-0.4, -0.2) is 44.9 Å². The summed E-state index contributed by atoms with van der Waals surface area (Å²) in [6.45, 7) is 2.21. The van der Waals surface area contributed by atoms with E-state index in [1.165, 1.54) is 18.0 Å². The van der Waals surface area contributed by atoms with Crippen LogP contribution in [0.4, 0.5) is 5.69 Å². The van der Waals surface area contributed by atoms with Crippen molar-refractivity contribution in [3.63, 3.8) is 0 Å². The second-order valence-corrected chi connectivity index (χ2v) is 7.19. The monoisotopic (exact) mass is 443 g/mol. The van der Waals surface area contributed by atoms with Crippen LogP contribution in [0.3, 0.4) is 0 Å². The van der Waals surface area contributed by atoms with Crippen LogP contribution in [0.5, 0.6) is 0 Å². The minimum absolute atomic E-state index is 0.115. The lowest BCUT2D eigenvalue weighted by Crippen LogP contribution is -2.24. The van der Waals surface area contributed by atoms with Gasteiger partial charge in [0.1, 0.15) is 0 Å². The molecule has 0 saturated carbocycles. The van der Waals surface area contributed by atoms with E-state index in [-0.39, 0.29) is 29.9 Å². The fourth-order valence-corrected chi connectivity index (χ4v) is 3.24. The van der Waals surface area contributed by atoms with Crippen molar-refractivity contribution >= 4 is 35.2 Å². The summed E-state index contributed by atoms with van der Waals surface area (Å²) in [6, 6.07) is 9.65. The number of furan rings is 1. The van der Waals surface area contributed by atoms with E-state index < -0.39 is 5.97 Å². The van der Waals surface area contributed by atoms with E-state index in [4.69, 9.17) is 9.15 Å². The topological polar surface area (TPSA) is 128 Å². The molecule has 2 heterocycles. The number of carbonyl (C=O) groups excluding carboxylic acids is 3. The van der Waals surface area contributed by atoms with Crippen molar-refractivity contribution in [1.29, 1.82) is 0 Å². The molecule has 0 atom stereocenters. The van der Waals surface area contributed by atoms with Crippen molar-refractivity contribution in [2.45, 2.75) is 18.6 Å². The van der Waals surface area contributed by atoms with Crippen LogP contribution >= 0.6 is 11.8 Å².